The zero-order valence-electron chi connectivity index (χ0n) is 8.54. The van der Waals surface area contributed by atoms with Gasteiger partial charge < -0.3 is 15.6 Å². The summed E-state index contributed by atoms with van der Waals surface area (Å²) in [4.78, 5) is 10.3. The first kappa shape index (κ1) is 12.4. The van der Waals surface area contributed by atoms with Gasteiger partial charge in [-0.1, -0.05) is 20.8 Å². The Balaban J connectivity index is 3.41. The van der Waals surface area contributed by atoms with Crippen LogP contribution in [0, 0.1) is 5.41 Å². The highest BCUT2D eigenvalue weighted by Crippen LogP contribution is 2.12. The van der Waals surface area contributed by atoms with E-state index < -0.39 is 12.0 Å². The monoisotopic (exact) mass is 189 g/mol. The van der Waals surface area contributed by atoms with Gasteiger partial charge in [0.05, 0.1) is 6.61 Å². The van der Waals surface area contributed by atoms with Crippen LogP contribution < -0.4 is 5.73 Å². The van der Waals surface area contributed by atoms with Gasteiger partial charge in [0.25, 0.3) is 0 Å². The van der Waals surface area contributed by atoms with Crippen molar-refractivity contribution in [3.05, 3.63) is 0 Å². The fourth-order valence-electron chi connectivity index (χ4n) is 0.712. The van der Waals surface area contributed by atoms with Crippen LogP contribution in [0.4, 0.5) is 0 Å². The average molecular weight is 189 g/mol. The lowest BCUT2D eigenvalue weighted by Crippen LogP contribution is -2.31. The molecule has 0 amide bonds. The van der Waals surface area contributed by atoms with Crippen molar-refractivity contribution < 1.29 is 14.6 Å². The Hall–Kier alpha value is -0.610. The molecule has 0 aromatic rings. The van der Waals surface area contributed by atoms with Crippen LogP contribution in [0.1, 0.15) is 27.2 Å². The summed E-state index contributed by atoms with van der Waals surface area (Å²) >= 11 is 0. The van der Waals surface area contributed by atoms with Crippen molar-refractivity contribution in [3.63, 3.8) is 0 Å². The first-order chi connectivity index (χ1) is 5.83. The third kappa shape index (κ3) is 7.74. The van der Waals surface area contributed by atoms with Crippen LogP contribution in [0.25, 0.3) is 0 Å². The fraction of sp³-hybridized carbons (Fsp3) is 0.889. The van der Waals surface area contributed by atoms with Crippen molar-refractivity contribution >= 4 is 5.97 Å². The molecule has 1 atom stereocenters. The number of carbonyl (C=O) groups is 1. The van der Waals surface area contributed by atoms with Crippen LogP contribution >= 0.6 is 0 Å². The van der Waals surface area contributed by atoms with E-state index in [0.717, 1.165) is 0 Å². The lowest BCUT2D eigenvalue weighted by atomic mass is 9.99. The molecule has 0 bridgehead atoms. The third-order valence-electron chi connectivity index (χ3n) is 1.43. The lowest BCUT2D eigenvalue weighted by Gasteiger charge is -2.18. The number of hydrogen-bond acceptors (Lipinski definition) is 3. The second kappa shape index (κ2) is 5.19. The highest BCUT2D eigenvalue weighted by atomic mass is 16.5. The number of aliphatic carboxylic acids is 1. The molecule has 0 saturated carbocycles. The second-order valence-electron chi connectivity index (χ2n) is 4.35. The number of carboxylic acid groups (broad SMARTS) is 1. The molecule has 0 heterocycles. The molecule has 78 valence electrons. The van der Waals surface area contributed by atoms with Crippen molar-refractivity contribution in [2.24, 2.45) is 11.1 Å². The van der Waals surface area contributed by atoms with Gasteiger partial charge in [-0.25, -0.2) is 0 Å². The minimum atomic E-state index is -0.973. The maximum absolute atomic E-state index is 10.3. The van der Waals surface area contributed by atoms with Crippen LogP contribution in [0.3, 0.4) is 0 Å². The Labute approximate surface area is 79.1 Å². The Morgan fingerprint density at radius 2 is 2.08 bits per heavy atom. The van der Waals surface area contributed by atoms with E-state index in [1.807, 2.05) is 0 Å². The predicted octanol–water partition coefficient (Wildman–Crippen LogP) is 0.851. The van der Waals surface area contributed by atoms with Gasteiger partial charge in [0, 0.05) is 6.61 Å². The maximum atomic E-state index is 10.3. The van der Waals surface area contributed by atoms with Crippen molar-refractivity contribution in [3.8, 4) is 0 Å². The van der Waals surface area contributed by atoms with Gasteiger partial charge in [-0.05, 0) is 11.8 Å². The molecule has 0 fully saturated rings. The van der Waals surface area contributed by atoms with Crippen LogP contribution in [0.15, 0.2) is 0 Å². The van der Waals surface area contributed by atoms with Crippen molar-refractivity contribution in [1.82, 2.24) is 0 Å². The zero-order valence-corrected chi connectivity index (χ0v) is 8.54. The van der Waals surface area contributed by atoms with Gasteiger partial charge in [-0.3, -0.25) is 4.79 Å². The van der Waals surface area contributed by atoms with Crippen LogP contribution in [-0.2, 0) is 9.53 Å². The van der Waals surface area contributed by atoms with Crippen LogP contribution in [-0.4, -0.2) is 30.3 Å². The van der Waals surface area contributed by atoms with Crippen LogP contribution in [0.2, 0.25) is 0 Å². The fourth-order valence-corrected chi connectivity index (χ4v) is 0.712. The smallest absolute Gasteiger partial charge is 0.320 e. The molecule has 0 rings (SSSR count). The summed E-state index contributed by atoms with van der Waals surface area (Å²) in [6, 6.07) is -0.806. The predicted molar refractivity (Wildman–Crippen MR) is 50.5 cm³/mol. The van der Waals surface area contributed by atoms with E-state index in [2.05, 4.69) is 20.8 Å². The highest BCUT2D eigenvalue weighted by molar-refractivity contribution is 5.72. The van der Waals surface area contributed by atoms with E-state index >= 15 is 0 Å². The molecule has 0 radical (unpaired) electrons. The van der Waals surface area contributed by atoms with E-state index in [9.17, 15) is 4.79 Å². The number of rotatable bonds is 5. The van der Waals surface area contributed by atoms with E-state index in [1.54, 1.807) is 0 Å². The molecular formula is C9H19NO3. The van der Waals surface area contributed by atoms with Gasteiger partial charge in [-0.15, -0.1) is 0 Å². The summed E-state index contributed by atoms with van der Waals surface area (Å²) in [6.07, 6.45) is 0.366. The molecule has 0 aromatic heterocycles. The molecule has 0 aromatic carbocycles. The summed E-state index contributed by atoms with van der Waals surface area (Å²) in [5.41, 5.74) is 5.41. The summed E-state index contributed by atoms with van der Waals surface area (Å²) < 4.78 is 5.28. The number of ether oxygens (including phenoxy) is 1. The number of hydrogen-bond donors (Lipinski definition) is 2. The molecule has 0 aliphatic carbocycles. The van der Waals surface area contributed by atoms with Crippen LogP contribution in [0.5, 0.6) is 0 Å². The minimum Gasteiger partial charge on any atom is -0.480 e. The Morgan fingerprint density at radius 3 is 2.46 bits per heavy atom. The third-order valence-corrected chi connectivity index (χ3v) is 1.43. The lowest BCUT2D eigenvalue weighted by molar-refractivity contribution is -0.139. The summed E-state index contributed by atoms with van der Waals surface area (Å²) in [7, 11) is 0. The highest BCUT2D eigenvalue weighted by Gasteiger charge is 2.13. The molecular weight excluding hydrogens is 170 g/mol. The molecule has 0 saturated heterocycles. The van der Waals surface area contributed by atoms with Gasteiger partial charge in [0.15, 0.2) is 0 Å². The van der Waals surface area contributed by atoms with Gasteiger partial charge in [0.1, 0.15) is 6.04 Å². The molecule has 0 aliphatic heterocycles. The van der Waals surface area contributed by atoms with Gasteiger partial charge >= 0.3 is 5.97 Å². The summed E-state index contributed by atoms with van der Waals surface area (Å²) in [5, 5.41) is 8.46. The molecule has 0 spiro atoms. The Morgan fingerprint density at radius 1 is 1.54 bits per heavy atom. The average Bonchev–Trinajstić information content (AvgIpc) is 1.95. The second-order valence-corrected chi connectivity index (χ2v) is 4.35. The Bertz CT molecular complexity index is 163. The standard InChI is InChI=1S/C9H19NO3/c1-9(2,3)6-13-5-4-7(10)8(11)12/h7H,4-6,10H2,1-3H3,(H,11,12)/t7-/m0/s1. The van der Waals surface area contributed by atoms with E-state index in [-0.39, 0.29) is 5.41 Å². The first-order valence-electron chi connectivity index (χ1n) is 4.39. The minimum absolute atomic E-state index is 0.118. The molecule has 13 heavy (non-hydrogen) atoms. The molecule has 3 N–H and O–H groups in total. The zero-order chi connectivity index (χ0) is 10.5. The SMILES string of the molecule is CC(C)(C)COCC[C@H](N)C(=O)O. The topological polar surface area (TPSA) is 72.5 Å². The molecule has 4 nitrogen and oxygen atoms in total. The van der Waals surface area contributed by atoms with E-state index in [1.165, 1.54) is 0 Å². The Kier molecular flexibility index (Phi) is 4.95. The van der Waals surface area contributed by atoms with E-state index in [0.29, 0.717) is 19.6 Å². The summed E-state index contributed by atoms with van der Waals surface area (Å²) in [5.74, 6) is -0.973. The van der Waals surface area contributed by atoms with Crippen molar-refractivity contribution in [1.29, 1.82) is 0 Å². The van der Waals surface area contributed by atoms with Gasteiger partial charge in [0.2, 0.25) is 0 Å². The number of carboxylic acids is 1. The molecule has 0 aliphatic rings. The van der Waals surface area contributed by atoms with Crippen molar-refractivity contribution in [2.45, 2.75) is 33.2 Å². The first-order valence-corrected chi connectivity index (χ1v) is 4.39. The summed E-state index contributed by atoms with van der Waals surface area (Å²) in [6.45, 7) is 7.21. The molecule has 4 heteroatoms. The largest absolute Gasteiger partial charge is 0.480 e. The van der Waals surface area contributed by atoms with Crippen molar-refractivity contribution in [2.75, 3.05) is 13.2 Å². The normalized spacial score (nSPS) is 14.2. The number of nitrogens with two attached hydrogens (primary N) is 1. The quantitative estimate of drug-likeness (QED) is 0.629. The molecule has 0 unspecified atom stereocenters. The van der Waals surface area contributed by atoms with Gasteiger partial charge in [-0.2, -0.15) is 0 Å². The maximum Gasteiger partial charge on any atom is 0.320 e. The van der Waals surface area contributed by atoms with E-state index in [4.69, 9.17) is 15.6 Å².